The largest absolute Gasteiger partial charge is 0.394 e. The fourth-order valence-electron chi connectivity index (χ4n) is 3.10. The second-order valence-corrected chi connectivity index (χ2v) is 6.78. The number of aliphatic hydroxyl groups excluding tert-OH is 1. The molecular formula is C15H32N2O2. The topological polar surface area (TPSA) is 44.7 Å². The molecule has 0 aromatic carbocycles. The molecule has 4 heteroatoms. The molecule has 2 unspecified atom stereocenters. The van der Waals surface area contributed by atoms with Gasteiger partial charge in [0, 0.05) is 18.6 Å². The molecule has 1 aliphatic rings. The van der Waals surface area contributed by atoms with Gasteiger partial charge in [-0.25, -0.2) is 0 Å². The minimum absolute atomic E-state index is 0.0420. The Labute approximate surface area is 118 Å². The Kier molecular flexibility index (Phi) is 6.24. The number of likely N-dealkylation sites (N-methyl/N-ethyl adjacent to an activating group) is 1. The van der Waals surface area contributed by atoms with E-state index in [4.69, 9.17) is 4.74 Å². The molecule has 19 heavy (non-hydrogen) atoms. The molecule has 4 nitrogen and oxygen atoms in total. The van der Waals surface area contributed by atoms with E-state index in [0.717, 1.165) is 39.0 Å². The highest BCUT2D eigenvalue weighted by molar-refractivity contribution is 4.85. The average Bonchev–Trinajstić information content (AvgIpc) is 2.26. The Hall–Kier alpha value is -0.160. The van der Waals surface area contributed by atoms with Gasteiger partial charge < -0.3 is 15.2 Å². The van der Waals surface area contributed by atoms with Crippen molar-refractivity contribution in [3.63, 3.8) is 0 Å². The Morgan fingerprint density at radius 1 is 1.47 bits per heavy atom. The maximum absolute atomic E-state index is 9.48. The lowest BCUT2D eigenvalue weighted by Gasteiger charge is -2.42. The summed E-state index contributed by atoms with van der Waals surface area (Å²) >= 11 is 0. The van der Waals surface area contributed by atoms with Crippen LogP contribution in [0.4, 0.5) is 0 Å². The van der Waals surface area contributed by atoms with Crippen LogP contribution in [0.25, 0.3) is 0 Å². The van der Waals surface area contributed by atoms with Crippen molar-refractivity contribution < 1.29 is 9.84 Å². The lowest BCUT2D eigenvalue weighted by molar-refractivity contribution is -0.129. The van der Waals surface area contributed by atoms with E-state index < -0.39 is 0 Å². The molecule has 1 fully saturated rings. The highest BCUT2D eigenvalue weighted by Gasteiger charge is 2.31. The van der Waals surface area contributed by atoms with Crippen LogP contribution in [0.3, 0.4) is 0 Å². The normalized spacial score (nSPS) is 27.2. The summed E-state index contributed by atoms with van der Waals surface area (Å²) in [7, 11) is 0. The first-order chi connectivity index (χ1) is 8.80. The molecule has 1 saturated heterocycles. The minimum Gasteiger partial charge on any atom is -0.394 e. The number of hydrogen-bond acceptors (Lipinski definition) is 4. The second-order valence-electron chi connectivity index (χ2n) is 6.78. The number of hydrogen-bond donors (Lipinski definition) is 2. The van der Waals surface area contributed by atoms with E-state index in [1.807, 2.05) is 0 Å². The molecule has 0 aromatic heterocycles. The van der Waals surface area contributed by atoms with Gasteiger partial charge in [-0.1, -0.05) is 6.92 Å². The first-order valence-corrected chi connectivity index (χ1v) is 7.56. The molecule has 1 aliphatic heterocycles. The van der Waals surface area contributed by atoms with Crippen molar-refractivity contribution in [2.24, 2.45) is 0 Å². The molecule has 0 bridgehead atoms. The highest BCUT2D eigenvalue weighted by Crippen LogP contribution is 2.21. The zero-order valence-corrected chi connectivity index (χ0v) is 13.3. The summed E-state index contributed by atoms with van der Waals surface area (Å²) in [5.74, 6) is 0. The van der Waals surface area contributed by atoms with Crippen LogP contribution in [0.2, 0.25) is 0 Å². The Bertz CT molecular complexity index is 271. The summed E-state index contributed by atoms with van der Waals surface area (Å²) < 4.78 is 5.92. The number of nitrogens with one attached hydrogen (secondary N) is 1. The molecule has 1 heterocycles. The van der Waals surface area contributed by atoms with Crippen LogP contribution in [0, 0.1) is 0 Å². The predicted octanol–water partition coefficient (Wildman–Crippen LogP) is 1.63. The highest BCUT2D eigenvalue weighted by atomic mass is 16.5. The van der Waals surface area contributed by atoms with Crippen LogP contribution in [0.1, 0.15) is 47.5 Å². The monoisotopic (exact) mass is 272 g/mol. The zero-order valence-electron chi connectivity index (χ0n) is 13.3. The summed E-state index contributed by atoms with van der Waals surface area (Å²) in [6.45, 7) is 14.8. The van der Waals surface area contributed by atoms with Crippen molar-refractivity contribution >= 4 is 0 Å². The zero-order chi connectivity index (χ0) is 14.5. The van der Waals surface area contributed by atoms with Crippen LogP contribution in [0.15, 0.2) is 0 Å². The Balaban J connectivity index is 2.36. The smallest absolute Gasteiger partial charge is 0.0757 e. The predicted molar refractivity (Wildman–Crippen MR) is 79.5 cm³/mol. The molecular weight excluding hydrogens is 240 g/mol. The van der Waals surface area contributed by atoms with Gasteiger partial charge in [0.2, 0.25) is 0 Å². The van der Waals surface area contributed by atoms with Crippen LogP contribution >= 0.6 is 0 Å². The Morgan fingerprint density at radius 2 is 2.16 bits per heavy atom. The number of ether oxygens (including phenoxy) is 1. The third-order valence-electron chi connectivity index (χ3n) is 3.80. The summed E-state index contributed by atoms with van der Waals surface area (Å²) in [5, 5.41) is 12.9. The van der Waals surface area contributed by atoms with Gasteiger partial charge in [-0.3, -0.25) is 4.90 Å². The van der Waals surface area contributed by atoms with E-state index in [2.05, 4.69) is 44.8 Å². The quantitative estimate of drug-likeness (QED) is 0.739. The molecule has 0 spiro atoms. The Morgan fingerprint density at radius 3 is 2.68 bits per heavy atom. The van der Waals surface area contributed by atoms with Crippen molar-refractivity contribution in [1.82, 2.24) is 10.2 Å². The number of nitrogens with zero attached hydrogens (tertiary/aromatic N) is 1. The summed E-state index contributed by atoms with van der Waals surface area (Å²) in [4.78, 5) is 2.48. The molecule has 114 valence electrons. The third kappa shape index (κ3) is 5.78. The van der Waals surface area contributed by atoms with Crippen molar-refractivity contribution in [2.45, 2.75) is 64.7 Å². The molecule has 2 N–H and O–H groups in total. The molecule has 0 saturated carbocycles. The fraction of sp³-hybridized carbons (Fsp3) is 1.00. The maximum atomic E-state index is 9.48. The van der Waals surface area contributed by atoms with Gasteiger partial charge in [-0.05, 0) is 53.6 Å². The molecule has 0 aromatic rings. The van der Waals surface area contributed by atoms with Gasteiger partial charge in [0.25, 0.3) is 0 Å². The van der Waals surface area contributed by atoms with E-state index in [9.17, 15) is 5.11 Å². The molecule has 1 rings (SSSR count). The standard InChI is InChI=1S/C15H32N2O2/c1-6-16-15(5,12-18)8-7-9-17-10-13(2)19-14(3,4)11-17/h13,16,18H,6-12H2,1-5H3. The van der Waals surface area contributed by atoms with E-state index in [1.165, 1.54) is 0 Å². The number of morpholine rings is 1. The van der Waals surface area contributed by atoms with E-state index in [-0.39, 0.29) is 17.7 Å². The fourth-order valence-corrected chi connectivity index (χ4v) is 3.10. The van der Waals surface area contributed by atoms with Crippen LogP contribution in [-0.2, 0) is 4.74 Å². The number of rotatable bonds is 7. The van der Waals surface area contributed by atoms with Crippen molar-refractivity contribution in [1.29, 1.82) is 0 Å². The van der Waals surface area contributed by atoms with E-state index in [1.54, 1.807) is 0 Å². The molecule has 0 radical (unpaired) electrons. The molecule has 0 amide bonds. The first kappa shape index (κ1) is 16.9. The van der Waals surface area contributed by atoms with Crippen molar-refractivity contribution in [3.8, 4) is 0 Å². The minimum atomic E-state index is -0.137. The first-order valence-electron chi connectivity index (χ1n) is 7.56. The summed E-state index contributed by atoms with van der Waals surface area (Å²) in [6, 6.07) is 0. The van der Waals surface area contributed by atoms with Crippen LogP contribution in [0.5, 0.6) is 0 Å². The van der Waals surface area contributed by atoms with Crippen LogP contribution < -0.4 is 5.32 Å². The summed E-state index contributed by atoms with van der Waals surface area (Å²) in [6.07, 6.45) is 2.41. The second kappa shape index (κ2) is 7.02. The van der Waals surface area contributed by atoms with Gasteiger partial charge in [-0.2, -0.15) is 0 Å². The maximum Gasteiger partial charge on any atom is 0.0757 e. The van der Waals surface area contributed by atoms with Gasteiger partial charge in [0.15, 0.2) is 0 Å². The summed E-state index contributed by atoms with van der Waals surface area (Å²) in [5.41, 5.74) is -0.179. The van der Waals surface area contributed by atoms with Gasteiger partial charge in [0.1, 0.15) is 0 Å². The third-order valence-corrected chi connectivity index (χ3v) is 3.80. The number of aliphatic hydroxyl groups is 1. The van der Waals surface area contributed by atoms with Crippen molar-refractivity contribution in [3.05, 3.63) is 0 Å². The SMILES string of the molecule is CCNC(C)(CO)CCCN1CC(C)OC(C)(C)C1. The van der Waals surface area contributed by atoms with Gasteiger partial charge in [0.05, 0.1) is 18.3 Å². The van der Waals surface area contributed by atoms with E-state index in [0.29, 0.717) is 6.10 Å². The lowest BCUT2D eigenvalue weighted by Crippen LogP contribution is -2.52. The van der Waals surface area contributed by atoms with Crippen molar-refractivity contribution in [2.75, 3.05) is 32.8 Å². The van der Waals surface area contributed by atoms with Gasteiger partial charge in [-0.15, -0.1) is 0 Å². The van der Waals surface area contributed by atoms with Crippen LogP contribution in [-0.4, -0.2) is 60.0 Å². The lowest BCUT2D eigenvalue weighted by atomic mass is 9.96. The van der Waals surface area contributed by atoms with E-state index >= 15 is 0 Å². The molecule has 2 atom stereocenters. The van der Waals surface area contributed by atoms with Gasteiger partial charge >= 0.3 is 0 Å². The molecule has 0 aliphatic carbocycles. The average molecular weight is 272 g/mol.